The van der Waals surface area contributed by atoms with Gasteiger partial charge in [0.25, 0.3) is 0 Å². The van der Waals surface area contributed by atoms with Crippen LogP contribution in [0.15, 0.2) is 79.0 Å². The largest absolute Gasteiger partial charge is 0.489 e. The molecule has 1 aliphatic heterocycles. The Labute approximate surface area is 217 Å². The minimum absolute atomic E-state index is 0.480. The van der Waals surface area contributed by atoms with Crippen LogP contribution >= 0.6 is 0 Å². The molecule has 1 amide bonds. The second kappa shape index (κ2) is 11.8. The summed E-state index contributed by atoms with van der Waals surface area (Å²) in [5, 5.41) is 1.09. The number of nitrogens with zero attached hydrogens (tertiary/aromatic N) is 2. The molecule has 0 unspecified atom stereocenters. The third kappa shape index (κ3) is 6.62. The van der Waals surface area contributed by atoms with E-state index in [1.165, 1.54) is 16.8 Å². The summed E-state index contributed by atoms with van der Waals surface area (Å²) < 4.78 is 11.0. The second-order valence-corrected chi connectivity index (χ2v) is 9.50. The lowest BCUT2D eigenvalue weighted by atomic mass is 10.1. The molecule has 7 nitrogen and oxygen atoms in total. The van der Waals surface area contributed by atoms with Crippen molar-refractivity contribution in [3.8, 4) is 11.5 Å². The van der Waals surface area contributed by atoms with Crippen LogP contribution in [0.2, 0.25) is 0 Å². The molecule has 37 heavy (non-hydrogen) atoms. The van der Waals surface area contributed by atoms with Crippen LogP contribution in [0.1, 0.15) is 24.0 Å². The van der Waals surface area contributed by atoms with Crippen molar-refractivity contribution in [3.05, 3.63) is 90.1 Å². The van der Waals surface area contributed by atoms with E-state index >= 15 is 0 Å². The first kappa shape index (κ1) is 24.7. The topological polar surface area (TPSA) is 83.8 Å². The number of carbonyl (C=O) groups excluding carboxylic acids is 1. The Morgan fingerprint density at radius 2 is 1.65 bits per heavy atom. The van der Waals surface area contributed by atoms with Gasteiger partial charge >= 0.3 is 6.09 Å². The normalized spacial score (nSPS) is 14.1. The molecule has 1 fully saturated rings. The first-order valence-electron chi connectivity index (χ1n) is 13.0. The van der Waals surface area contributed by atoms with Crippen LogP contribution in [0, 0.1) is 0 Å². The fourth-order valence-electron chi connectivity index (χ4n) is 4.92. The number of primary amides is 1. The first-order valence-corrected chi connectivity index (χ1v) is 13.0. The predicted octanol–water partition coefficient (Wildman–Crippen LogP) is 5.35. The molecule has 4 aromatic rings. The number of ether oxygens (including phenoxy) is 2. The summed E-state index contributed by atoms with van der Waals surface area (Å²) >= 11 is 0. The van der Waals surface area contributed by atoms with Crippen LogP contribution in [0.3, 0.4) is 0 Å². The number of nitrogens with one attached hydrogen (secondary N) is 1. The van der Waals surface area contributed by atoms with E-state index in [-0.39, 0.29) is 0 Å². The van der Waals surface area contributed by atoms with Gasteiger partial charge < -0.3 is 25.1 Å². The Morgan fingerprint density at radius 1 is 0.892 bits per heavy atom. The van der Waals surface area contributed by atoms with E-state index in [2.05, 4.69) is 57.4 Å². The lowest BCUT2D eigenvalue weighted by Gasteiger charge is -2.36. The number of piperazine rings is 1. The van der Waals surface area contributed by atoms with Crippen molar-refractivity contribution in [2.75, 3.05) is 37.6 Å². The number of anilines is 1. The van der Waals surface area contributed by atoms with Crippen molar-refractivity contribution in [3.63, 3.8) is 0 Å². The average molecular weight is 499 g/mol. The zero-order valence-electron chi connectivity index (χ0n) is 21.1. The summed E-state index contributed by atoms with van der Waals surface area (Å²) in [4.78, 5) is 19.4. The van der Waals surface area contributed by atoms with E-state index in [4.69, 9.17) is 15.2 Å². The number of unbranched alkanes of at least 4 members (excludes halogenated alkanes) is 1. The Balaban J connectivity index is 1.03. The molecule has 0 spiro atoms. The monoisotopic (exact) mass is 498 g/mol. The van der Waals surface area contributed by atoms with Crippen LogP contribution in [0.25, 0.3) is 10.9 Å². The quantitative estimate of drug-likeness (QED) is 0.288. The molecule has 0 atom stereocenters. The van der Waals surface area contributed by atoms with Crippen LogP contribution in [0.4, 0.5) is 10.5 Å². The van der Waals surface area contributed by atoms with Crippen molar-refractivity contribution in [2.45, 2.75) is 25.9 Å². The van der Waals surface area contributed by atoms with Gasteiger partial charge in [0.1, 0.15) is 18.1 Å². The first-order chi connectivity index (χ1) is 18.1. The van der Waals surface area contributed by atoms with E-state index in [0.29, 0.717) is 12.4 Å². The van der Waals surface area contributed by atoms with Gasteiger partial charge in [0.2, 0.25) is 0 Å². The van der Waals surface area contributed by atoms with Crippen LogP contribution in [-0.2, 0) is 13.0 Å². The van der Waals surface area contributed by atoms with E-state index in [1.807, 2.05) is 30.3 Å². The highest BCUT2D eigenvalue weighted by atomic mass is 16.5. The van der Waals surface area contributed by atoms with Gasteiger partial charge in [0, 0.05) is 49.0 Å². The van der Waals surface area contributed by atoms with Gasteiger partial charge in [-0.25, -0.2) is 4.79 Å². The Bertz CT molecular complexity index is 1300. The van der Waals surface area contributed by atoms with Gasteiger partial charge in [0.05, 0.1) is 0 Å². The predicted molar refractivity (Wildman–Crippen MR) is 147 cm³/mol. The number of aromatic nitrogens is 1. The summed E-state index contributed by atoms with van der Waals surface area (Å²) in [7, 11) is 0. The molecule has 1 saturated heterocycles. The van der Waals surface area contributed by atoms with Gasteiger partial charge in [0.15, 0.2) is 0 Å². The minimum Gasteiger partial charge on any atom is -0.489 e. The number of amides is 1. The number of aromatic amines is 1. The molecule has 1 aromatic heterocycles. The molecule has 3 aromatic carbocycles. The molecule has 0 radical (unpaired) electrons. The number of hydrogen-bond acceptors (Lipinski definition) is 5. The maximum absolute atomic E-state index is 11.1. The van der Waals surface area contributed by atoms with Crippen molar-refractivity contribution in [2.24, 2.45) is 5.73 Å². The highest BCUT2D eigenvalue weighted by Crippen LogP contribution is 2.25. The second-order valence-electron chi connectivity index (χ2n) is 9.50. The molecule has 0 saturated carbocycles. The Hall–Kier alpha value is -3.97. The fourth-order valence-corrected chi connectivity index (χ4v) is 4.92. The van der Waals surface area contributed by atoms with Gasteiger partial charge in [-0.15, -0.1) is 0 Å². The molecular formula is C30H34N4O3. The van der Waals surface area contributed by atoms with E-state index in [9.17, 15) is 4.79 Å². The zero-order valence-corrected chi connectivity index (χ0v) is 21.1. The summed E-state index contributed by atoms with van der Waals surface area (Å²) in [5.74, 6) is 1.38. The zero-order chi connectivity index (χ0) is 25.5. The van der Waals surface area contributed by atoms with E-state index in [1.54, 1.807) is 6.07 Å². The summed E-state index contributed by atoms with van der Waals surface area (Å²) in [6.07, 6.45) is 4.51. The molecule has 1 aliphatic rings. The van der Waals surface area contributed by atoms with Gasteiger partial charge in [-0.05, 0) is 79.4 Å². The molecule has 7 heteroatoms. The lowest BCUT2D eigenvalue weighted by molar-refractivity contribution is 0.211. The molecule has 0 aliphatic carbocycles. The number of rotatable bonds is 10. The summed E-state index contributed by atoms with van der Waals surface area (Å²) in [6.45, 7) is 5.92. The number of aryl methyl sites for hydroxylation is 1. The van der Waals surface area contributed by atoms with Gasteiger partial charge in [-0.3, -0.25) is 4.90 Å². The Kier molecular flexibility index (Phi) is 7.91. The van der Waals surface area contributed by atoms with Crippen LogP contribution in [0.5, 0.6) is 11.5 Å². The average Bonchev–Trinajstić information content (AvgIpc) is 3.33. The number of fused-ring (bicyclic) bond motifs is 1. The van der Waals surface area contributed by atoms with Crippen molar-refractivity contribution < 1.29 is 14.3 Å². The van der Waals surface area contributed by atoms with Gasteiger partial charge in [-0.1, -0.05) is 30.3 Å². The summed E-state index contributed by atoms with van der Waals surface area (Å²) in [6, 6.07) is 24.3. The molecular weight excluding hydrogens is 464 g/mol. The maximum atomic E-state index is 11.1. The third-order valence-electron chi connectivity index (χ3n) is 6.95. The number of H-pyrrole nitrogens is 1. The van der Waals surface area contributed by atoms with Crippen LogP contribution in [-0.4, -0.2) is 48.7 Å². The molecule has 5 rings (SSSR count). The van der Waals surface area contributed by atoms with Crippen LogP contribution < -0.4 is 20.1 Å². The Morgan fingerprint density at radius 3 is 2.41 bits per heavy atom. The minimum atomic E-state index is -0.790. The third-order valence-corrected chi connectivity index (χ3v) is 6.95. The fraction of sp³-hybridized carbons (Fsp3) is 0.300. The van der Waals surface area contributed by atoms with E-state index in [0.717, 1.165) is 68.6 Å². The molecule has 192 valence electrons. The van der Waals surface area contributed by atoms with E-state index < -0.39 is 6.09 Å². The number of nitrogens with two attached hydrogens (primary N) is 1. The summed E-state index contributed by atoms with van der Waals surface area (Å²) in [5.41, 5.74) is 9.86. The SMILES string of the molecule is NC(=O)Oc1ccc2[nH]cc(CCCCN3CCN(c4ccc(OCc5ccccc5)cc4)CC3)c2c1. The highest BCUT2D eigenvalue weighted by molar-refractivity contribution is 5.85. The molecule has 2 heterocycles. The standard InChI is InChI=1S/C30H34N4O3/c31-30(35)37-27-13-14-29-28(20-27)24(21-32-29)8-4-5-15-33-16-18-34(19-17-33)25-9-11-26(12-10-25)36-22-23-6-2-1-3-7-23/h1-3,6-7,9-14,20-21,32H,4-5,8,15-19,22H2,(H2,31,35). The van der Waals surface area contributed by atoms with Gasteiger partial charge in [-0.2, -0.15) is 0 Å². The highest BCUT2D eigenvalue weighted by Gasteiger charge is 2.17. The molecule has 3 N–H and O–H groups in total. The number of carbonyl (C=O) groups is 1. The van der Waals surface area contributed by atoms with Crippen molar-refractivity contribution in [1.29, 1.82) is 0 Å². The smallest absolute Gasteiger partial charge is 0.409 e. The lowest BCUT2D eigenvalue weighted by Crippen LogP contribution is -2.46. The van der Waals surface area contributed by atoms with Crippen molar-refractivity contribution in [1.82, 2.24) is 9.88 Å². The maximum Gasteiger partial charge on any atom is 0.409 e. The number of benzene rings is 3. The molecule has 0 bridgehead atoms. The van der Waals surface area contributed by atoms with Crippen molar-refractivity contribution >= 4 is 22.7 Å². The number of hydrogen-bond donors (Lipinski definition) is 2.